The molecule has 0 aliphatic rings. The number of ether oxygens (including phenoxy) is 2. The molecule has 0 aromatic rings. The first kappa shape index (κ1) is 50.4. The number of unbranched alkanes of at least 4 members (excludes halogenated alkanes) is 5. The van der Waals surface area contributed by atoms with Crippen molar-refractivity contribution in [3.05, 3.63) is 72.9 Å². The topological polar surface area (TPSA) is 169 Å². The maximum Gasteiger partial charge on any atom is 0.472 e. The third-order valence-electron chi connectivity index (χ3n) is 8.01. The van der Waals surface area contributed by atoms with Gasteiger partial charge in [0.05, 0.1) is 25.9 Å². The minimum absolute atomic E-state index is 0.0256. The molecule has 0 amide bonds. The first-order valence-corrected chi connectivity index (χ1v) is 20.9. The summed E-state index contributed by atoms with van der Waals surface area (Å²) in [7, 11) is -4.66. The maximum atomic E-state index is 12.5. The van der Waals surface area contributed by atoms with Crippen LogP contribution in [0.3, 0.4) is 0 Å². The second-order valence-electron chi connectivity index (χ2n) is 13.0. The van der Waals surface area contributed by atoms with Crippen molar-refractivity contribution >= 4 is 19.8 Å². The van der Waals surface area contributed by atoms with E-state index in [1.54, 1.807) is 24.3 Å². The molecule has 3 unspecified atom stereocenters. The predicted octanol–water partition coefficient (Wildman–Crippen LogP) is 8.54. The van der Waals surface area contributed by atoms with Crippen molar-refractivity contribution in [3.8, 4) is 0 Å². The Morgan fingerprint density at radius 3 is 2.00 bits per heavy atom. The molecule has 0 aliphatic heterocycles. The van der Waals surface area contributed by atoms with Gasteiger partial charge in [0, 0.05) is 12.8 Å². The zero-order valence-corrected chi connectivity index (χ0v) is 33.4. The van der Waals surface area contributed by atoms with Gasteiger partial charge in [-0.3, -0.25) is 18.6 Å². The van der Waals surface area contributed by atoms with Gasteiger partial charge >= 0.3 is 19.8 Å². The standard InChI is InChI=1S/C41H69O11P/c1-4-6-7-8-9-10-11-12-13-14-15-19-23-28-37(43)29-24-21-26-31-41(46)52-39(35-51-53(47,48)50-33-38(44)32-42)34-49-40(45)30-25-20-17-16-18-22-27-36(3)5-2/h6-7,9-10,12-13,15,19,21,23-24,28,36-39,42-44H,4-5,8,11,14,16-18,20,22,25-27,29-35H2,1-3H3,(H,47,48)/b7-6-,10-9-,13-12-,19-15-,24-21-,28-23-/t36?,37?,38-,39+/m0/s1. The Kier molecular flexibility index (Phi) is 33.4. The third kappa shape index (κ3) is 34.9. The second-order valence-corrected chi connectivity index (χ2v) is 14.5. The van der Waals surface area contributed by atoms with E-state index in [-0.39, 0.29) is 19.4 Å². The molecule has 4 N–H and O–H groups in total. The van der Waals surface area contributed by atoms with Crippen LogP contribution in [0.15, 0.2) is 72.9 Å². The lowest BCUT2D eigenvalue weighted by molar-refractivity contribution is -0.161. The van der Waals surface area contributed by atoms with E-state index in [0.29, 0.717) is 19.3 Å². The molecule has 0 aliphatic carbocycles. The third-order valence-corrected chi connectivity index (χ3v) is 8.96. The molecule has 0 fully saturated rings. The Balaban J connectivity index is 4.62. The fourth-order valence-corrected chi connectivity index (χ4v) is 5.40. The van der Waals surface area contributed by atoms with Gasteiger partial charge < -0.3 is 29.7 Å². The number of carbonyl (C=O) groups excluding carboxylic acids is 2. The van der Waals surface area contributed by atoms with E-state index in [4.69, 9.17) is 19.1 Å². The Morgan fingerprint density at radius 1 is 0.717 bits per heavy atom. The summed E-state index contributed by atoms with van der Waals surface area (Å²) >= 11 is 0. The van der Waals surface area contributed by atoms with E-state index < -0.39 is 57.9 Å². The summed E-state index contributed by atoms with van der Waals surface area (Å²) in [6.45, 7) is 4.28. The molecule has 0 bridgehead atoms. The van der Waals surface area contributed by atoms with Crippen LogP contribution in [-0.4, -0.2) is 76.9 Å². The van der Waals surface area contributed by atoms with Crippen molar-refractivity contribution in [2.24, 2.45) is 5.92 Å². The molecule has 0 aromatic heterocycles. The fourth-order valence-electron chi connectivity index (χ4n) is 4.61. The van der Waals surface area contributed by atoms with Gasteiger partial charge in [0.1, 0.15) is 12.7 Å². The summed E-state index contributed by atoms with van der Waals surface area (Å²) < 4.78 is 32.4. The summed E-state index contributed by atoms with van der Waals surface area (Å²) in [5.41, 5.74) is 0. The van der Waals surface area contributed by atoms with Crippen molar-refractivity contribution < 1.29 is 52.9 Å². The molecular formula is C41H69O11P. The molecule has 304 valence electrons. The van der Waals surface area contributed by atoms with Gasteiger partial charge in [0.25, 0.3) is 0 Å². The van der Waals surface area contributed by atoms with Crippen molar-refractivity contribution in [2.75, 3.05) is 26.4 Å². The normalized spacial score (nSPS) is 16.0. The fraction of sp³-hybridized carbons (Fsp3) is 0.659. The molecule has 12 heteroatoms. The molecule has 0 heterocycles. The van der Waals surface area contributed by atoms with Gasteiger partial charge in [0.2, 0.25) is 0 Å². The van der Waals surface area contributed by atoms with Crippen LogP contribution in [0, 0.1) is 5.92 Å². The quantitative estimate of drug-likeness (QED) is 0.0163. The number of allylic oxidation sites excluding steroid dienone is 10. The number of carbonyl (C=O) groups is 2. The van der Waals surface area contributed by atoms with Crippen molar-refractivity contribution in [1.29, 1.82) is 0 Å². The number of hydrogen-bond acceptors (Lipinski definition) is 10. The van der Waals surface area contributed by atoms with Crippen molar-refractivity contribution in [1.82, 2.24) is 0 Å². The van der Waals surface area contributed by atoms with E-state index in [1.807, 2.05) is 12.2 Å². The van der Waals surface area contributed by atoms with Gasteiger partial charge in [-0.1, -0.05) is 139 Å². The molecule has 53 heavy (non-hydrogen) atoms. The largest absolute Gasteiger partial charge is 0.472 e. The monoisotopic (exact) mass is 768 g/mol. The van der Waals surface area contributed by atoms with Crippen LogP contribution in [0.1, 0.15) is 124 Å². The lowest BCUT2D eigenvalue weighted by atomic mass is 10.00. The number of phosphoric acid groups is 1. The lowest BCUT2D eigenvalue weighted by Crippen LogP contribution is -2.29. The number of esters is 2. The first-order chi connectivity index (χ1) is 25.5. The van der Waals surface area contributed by atoms with Crippen LogP contribution >= 0.6 is 7.82 Å². The first-order valence-electron chi connectivity index (χ1n) is 19.4. The van der Waals surface area contributed by atoms with Crippen LogP contribution < -0.4 is 0 Å². The number of aliphatic hydroxyl groups is 3. The van der Waals surface area contributed by atoms with Crippen LogP contribution in [-0.2, 0) is 32.7 Å². The molecule has 0 aromatic carbocycles. The van der Waals surface area contributed by atoms with E-state index in [2.05, 4.69) is 61.8 Å². The smallest absolute Gasteiger partial charge is 0.462 e. The maximum absolute atomic E-state index is 12.5. The number of phosphoric ester groups is 1. The average Bonchev–Trinajstić information content (AvgIpc) is 3.14. The number of aliphatic hydroxyl groups excluding tert-OH is 3. The molecule has 0 rings (SSSR count). The lowest BCUT2D eigenvalue weighted by Gasteiger charge is -2.20. The highest BCUT2D eigenvalue weighted by molar-refractivity contribution is 7.47. The molecular weight excluding hydrogens is 699 g/mol. The zero-order chi connectivity index (χ0) is 39.4. The Bertz CT molecular complexity index is 1140. The van der Waals surface area contributed by atoms with Crippen LogP contribution in [0.2, 0.25) is 0 Å². The Morgan fingerprint density at radius 2 is 1.34 bits per heavy atom. The van der Waals surface area contributed by atoms with E-state index in [1.165, 1.54) is 25.7 Å². The highest BCUT2D eigenvalue weighted by atomic mass is 31.2. The minimum Gasteiger partial charge on any atom is -0.462 e. The molecule has 0 saturated carbocycles. The summed E-state index contributed by atoms with van der Waals surface area (Å²) in [6, 6.07) is 0. The molecule has 0 spiro atoms. The van der Waals surface area contributed by atoms with Crippen LogP contribution in [0.25, 0.3) is 0 Å². The van der Waals surface area contributed by atoms with E-state index in [9.17, 15) is 29.3 Å². The van der Waals surface area contributed by atoms with Crippen molar-refractivity contribution in [2.45, 2.75) is 142 Å². The molecule has 0 radical (unpaired) electrons. The predicted molar refractivity (Wildman–Crippen MR) is 211 cm³/mol. The Labute approximate surface area is 319 Å². The van der Waals surface area contributed by atoms with Gasteiger partial charge in [0.15, 0.2) is 6.10 Å². The average molecular weight is 769 g/mol. The summed E-state index contributed by atoms with van der Waals surface area (Å²) in [5, 5.41) is 28.4. The number of rotatable bonds is 34. The molecule has 0 saturated heterocycles. The van der Waals surface area contributed by atoms with Gasteiger partial charge in [-0.25, -0.2) is 4.57 Å². The number of hydrogen-bond donors (Lipinski definition) is 4. The summed E-state index contributed by atoms with van der Waals surface area (Å²) in [6.07, 6.45) is 33.6. The van der Waals surface area contributed by atoms with E-state index >= 15 is 0 Å². The highest BCUT2D eigenvalue weighted by Crippen LogP contribution is 2.43. The van der Waals surface area contributed by atoms with Crippen molar-refractivity contribution in [3.63, 3.8) is 0 Å². The second kappa shape index (κ2) is 35.1. The summed E-state index contributed by atoms with van der Waals surface area (Å²) in [5.74, 6) is -0.362. The van der Waals surface area contributed by atoms with Crippen LogP contribution in [0.5, 0.6) is 0 Å². The summed E-state index contributed by atoms with van der Waals surface area (Å²) in [4.78, 5) is 34.8. The van der Waals surface area contributed by atoms with Gasteiger partial charge in [-0.2, -0.15) is 0 Å². The Hall–Kier alpha value is -2.63. The zero-order valence-electron chi connectivity index (χ0n) is 32.5. The molecule has 11 nitrogen and oxygen atoms in total. The molecule has 5 atom stereocenters. The van der Waals surface area contributed by atoms with Gasteiger partial charge in [-0.05, 0) is 50.9 Å². The van der Waals surface area contributed by atoms with E-state index in [0.717, 1.165) is 50.9 Å². The highest BCUT2D eigenvalue weighted by Gasteiger charge is 2.27. The minimum atomic E-state index is -4.66. The van der Waals surface area contributed by atoms with Crippen LogP contribution in [0.4, 0.5) is 0 Å². The SMILES string of the molecule is CC/C=C\C/C=C\C/C=C\C/C=C\C=C/C(O)C/C=C\CCC(=O)O[C@H](COC(=O)CCCCCCCCC(C)CC)COP(=O)(O)OC[C@@H](O)CO. The van der Waals surface area contributed by atoms with Gasteiger partial charge in [-0.15, -0.1) is 0 Å².